The third kappa shape index (κ3) is 4.95. The molecule has 2 atom stereocenters. The molecule has 3 aromatic carbocycles. The van der Waals surface area contributed by atoms with E-state index in [-0.39, 0.29) is 24.8 Å². The molecule has 0 spiro atoms. The van der Waals surface area contributed by atoms with Gasteiger partial charge in [-0.3, -0.25) is 19.7 Å². The number of nitrogens with zero attached hydrogens (tertiary/aromatic N) is 1. The smallest absolute Gasteiger partial charge is 0.323 e. The molecule has 9 heteroatoms. The van der Waals surface area contributed by atoms with Crippen molar-refractivity contribution in [1.82, 2.24) is 0 Å². The number of non-ortho nitro benzene ring substituents is 1. The summed E-state index contributed by atoms with van der Waals surface area (Å²) in [6, 6.07) is 21.5. The second-order valence-corrected chi connectivity index (χ2v) is 9.25. The molecule has 174 valence electrons. The van der Waals surface area contributed by atoms with E-state index in [2.05, 4.69) is 0 Å². The lowest BCUT2D eigenvalue weighted by Gasteiger charge is -2.19. The first-order chi connectivity index (χ1) is 16.4. The maximum Gasteiger partial charge on any atom is 0.323 e. The lowest BCUT2D eigenvalue weighted by molar-refractivity contribution is -0.384. The van der Waals surface area contributed by atoms with Gasteiger partial charge in [-0.05, 0) is 39.9 Å². The molecule has 0 aliphatic heterocycles. The van der Waals surface area contributed by atoms with Gasteiger partial charge in [0.2, 0.25) is 0 Å². The second-order valence-electron chi connectivity index (χ2n) is 7.81. The molecule has 0 aromatic heterocycles. The minimum atomic E-state index is -1.30. The van der Waals surface area contributed by atoms with Crippen molar-refractivity contribution in [3.63, 3.8) is 0 Å². The van der Waals surface area contributed by atoms with Crippen LogP contribution >= 0.6 is 22.6 Å². The highest BCUT2D eigenvalue weighted by molar-refractivity contribution is 14.1. The van der Waals surface area contributed by atoms with Crippen LogP contribution in [-0.2, 0) is 25.7 Å². The van der Waals surface area contributed by atoms with Crippen LogP contribution in [0.2, 0.25) is 0 Å². The third-order valence-electron chi connectivity index (χ3n) is 5.71. The minimum absolute atomic E-state index is 0.0686. The zero-order valence-corrected chi connectivity index (χ0v) is 20.1. The molecule has 1 aliphatic rings. The molecule has 0 saturated carbocycles. The Bertz CT molecular complexity index is 1180. The number of benzene rings is 3. The Balaban J connectivity index is 1.41. The van der Waals surface area contributed by atoms with E-state index in [1.165, 1.54) is 24.3 Å². The van der Waals surface area contributed by atoms with Crippen LogP contribution in [0.4, 0.5) is 5.69 Å². The van der Waals surface area contributed by atoms with Crippen molar-refractivity contribution in [2.75, 3.05) is 6.61 Å². The first kappa shape index (κ1) is 23.8. The van der Waals surface area contributed by atoms with Gasteiger partial charge in [0.1, 0.15) is 13.2 Å². The zero-order valence-electron chi connectivity index (χ0n) is 17.9. The Kier molecular flexibility index (Phi) is 7.23. The quantitative estimate of drug-likeness (QED) is 0.0812. The number of hydrogen-bond donors (Lipinski definition) is 1. The number of alkyl halides is 1. The van der Waals surface area contributed by atoms with Gasteiger partial charge >= 0.3 is 11.9 Å². The largest absolute Gasteiger partial charge is 0.464 e. The van der Waals surface area contributed by atoms with Crippen molar-refractivity contribution in [2.45, 2.75) is 16.6 Å². The molecule has 2 N–H and O–H groups in total. The molecule has 0 radical (unpaired) electrons. The fraction of sp³-hybridized carbons (Fsp3) is 0.200. The molecule has 0 amide bonds. The van der Waals surface area contributed by atoms with Crippen LogP contribution in [0, 0.1) is 16.0 Å². The van der Waals surface area contributed by atoms with E-state index in [0.717, 1.165) is 22.3 Å². The Morgan fingerprint density at radius 3 is 1.97 bits per heavy atom. The maximum absolute atomic E-state index is 12.9. The summed E-state index contributed by atoms with van der Waals surface area (Å²) in [6.45, 7) is -0.0737. The number of halogens is 1. The number of ether oxygens (including phenoxy) is 2. The van der Waals surface area contributed by atoms with Crippen molar-refractivity contribution in [3.8, 4) is 11.1 Å². The molecule has 2 unspecified atom stereocenters. The molecule has 0 heterocycles. The van der Waals surface area contributed by atoms with E-state index in [1.54, 1.807) is 22.6 Å². The molecule has 3 aromatic rings. The van der Waals surface area contributed by atoms with Crippen molar-refractivity contribution >= 4 is 40.2 Å². The topological polar surface area (TPSA) is 122 Å². The molecule has 8 nitrogen and oxygen atoms in total. The number of hydrogen-bond acceptors (Lipinski definition) is 7. The van der Waals surface area contributed by atoms with E-state index in [9.17, 15) is 19.7 Å². The van der Waals surface area contributed by atoms with E-state index < -0.39 is 26.8 Å². The molecule has 4 rings (SSSR count). The summed E-state index contributed by atoms with van der Waals surface area (Å²) in [5.74, 6) is -3.00. The lowest BCUT2D eigenvalue weighted by Crippen LogP contribution is -2.39. The second kappa shape index (κ2) is 10.3. The van der Waals surface area contributed by atoms with Gasteiger partial charge in [-0.2, -0.15) is 0 Å². The average Bonchev–Trinajstić information content (AvgIpc) is 3.15. The van der Waals surface area contributed by atoms with Crippen molar-refractivity contribution in [1.29, 1.82) is 0 Å². The van der Waals surface area contributed by atoms with Crippen LogP contribution in [0.25, 0.3) is 11.1 Å². The number of carbonyl (C=O) groups is 2. The Labute approximate surface area is 209 Å². The minimum Gasteiger partial charge on any atom is -0.464 e. The number of esters is 2. The number of carbonyl (C=O) groups excluding carboxylic acids is 2. The van der Waals surface area contributed by atoms with E-state index in [1.807, 2.05) is 48.5 Å². The summed E-state index contributed by atoms with van der Waals surface area (Å²) >= 11 is 1.79. The van der Waals surface area contributed by atoms with Gasteiger partial charge in [-0.1, -0.05) is 71.1 Å². The fourth-order valence-electron chi connectivity index (χ4n) is 4.01. The lowest BCUT2D eigenvalue weighted by atomic mass is 9.98. The molecule has 1 aliphatic carbocycles. The molecular formula is C25H21IN2O6. The van der Waals surface area contributed by atoms with Gasteiger partial charge in [0.05, 0.1) is 8.97 Å². The average molecular weight is 572 g/mol. The summed E-state index contributed by atoms with van der Waals surface area (Å²) in [5, 5.41) is 10.8. The number of rotatable bonds is 8. The van der Waals surface area contributed by atoms with Crippen LogP contribution < -0.4 is 5.73 Å². The van der Waals surface area contributed by atoms with Gasteiger partial charge in [-0.15, -0.1) is 0 Å². The Hall–Kier alpha value is -3.31. The van der Waals surface area contributed by atoms with E-state index in [0.29, 0.717) is 5.56 Å². The van der Waals surface area contributed by atoms with Crippen LogP contribution in [0.5, 0.6) is 0 Å². The number of fused-ring (bicyclic) bond motifs is 3. The molecule has 34 heavy (non-hydrogen) atoms. The third-order valence-corrected chi connectivity index (χ3v) is 6.43. The van der Waals surface area contributed by atoms with Crippen molar-refractivity contribution < 1.29 is 24.0 Å². The van der Waals surface area contributed by atoms with Gasteiger partial charge in [0.15, 0.2) is 5.92 Å². The zero-order chi connectivity index (χ0) is 24.2. The van der Waals surface area contributed by atoms with Gasteiger partial charge in [0.25, 0.3) is 5.69 Å². The van der Waals surface area contributed by atoms with Gasteiger partial charge in [0, 0.05) is 18.1 Å². The SMILES string of the molecule is NC(I)C(C(=O)OCc1ccc([N+](=O)[O-])cc1)C(=O)OCC1c2ccccc2-c2ccccc21. The first-order valence-corrected chi connectivity index (χ1v) is 11.8. The number of nitrogens with two attached hydrogens (primary N) is 1. The fourth-order valence-corrected chi connectivity index (χ4v) is 4.60. The normalized spacial score (nSPS) is 13.9. The highest BCUT2D eigenvalue weighted by Gasteiger charge is 2.36. The summed E-state index contributed by atoms with van der Waals surface area (Å²) in [6.07, 6.45) is 0. The van der Waals surface area contributed by atoms with Gasteiger partial charge < -0.3 is 15.2 Å². The van der Waals surface area contributed by atoms with Crippen LogP contribution in [0.1, 0.15) is 22.6 Å². The molecule has 0 fully saturated rings. The van der Waals surface area contributed by atoms with Crippen LogP contribution in [-0.4, -0.2) is 27.5 Å². The molecule has 0 bridgehead atoms. The standard InChI is InChI=1S/C25H21IN2O6/c26-23(27)22(24(29)33-13-15-9-11-16(12-10-15)28(31)32)25(30)34-14-21-19-7-3-1-5-17(19)18-6-2-4-8-20(18)21/h1-12,21-23H,13-14,27H2. The first-order valence-electron chi connectivity index (χ1n) is 10.5. The van der Waals surface area contributed by atoms with Crippen molar-refractivity contribution in [3.05, 3.63) is 99.6 Å². The Morgan fingerprint density at radius 2 is 1.44 bits per heavy atom. The molecule has 0 saturated heterocycles. The predicted octanol–water partition coefficient (Wildman–Crippen LogP) is 4.33. The Morgan fingerprint density at radius 1 is 0.912 bits per heavy atom. The highest BCUT2D eigenvalue weighted by atomic mass is 127. The number of nitro groups is 1. The van der Waals surface area contributed by atoms with Crippen molar-refractivity contribution in [2.24, 2.45) is 11.7 Å². The van der Waals surface area contributed by atoms with Crippen LogP contribution in [0.3, 0.4) is 0 Å². The van der Waals surface area contributed by atoms with Crippen LogP contribution in [0.15, 0.2) is 72.8 Å². The maximum atomic E-state index is 12.9. The molecular weight excluding hydrogens is 551 g/mol. The highest BCUT2D eigenvalue weighted by Crippen LogP contribution is 2.44. The summed E-state index contributed by atoms with van der Waals surface area (Å²) < 4.78 is 9.99. The van der Waals surface area contributed by atoms with E-state index in [4.69, 9.17) is 15.2 Å². The van der Waals surface area contributed by atoms with Gasteiger partial charge in [-0.25, -0.2) is 0 Å². The number of nitro benzene ring substituents is 1. The predicted molar refractivity (Wildman–Crippen MR) is 133 cm³/mol. The van der Waals surface area contributed by atoms with E-state index >= 15 is 0 Å². The monoisotopic (exact) mass is 572 g/mol. The summed E-state index contributed by atoms with van der Waals surface area (Å²) in [4.78, 5) is 35.8. The summed E-state index contributed by atoms with van der Waals surface area (Å²) in [7, 11) is 0. The summed E-state index contributed by atoms with van der Waals surface area (Å²) in [5.41, 5.74) is 10.7.